The fourth-order valence-electron chi connectivity index (χ4n) is 2.76. The minimum atomic E-state index is 0.459. The summed E-state index contributed by atoms with van der Waals surface area (Å²) >= 11 is 0. The van der Waals surface area contributed by atoms with E-state index in [0.717, 1.165) is 6.54 Å². The van der Waals surface area contributed by atoms with E-state index < -0.39 is 0 Å². The first-order valence-corrected chi connectivity index (χ1v) is 7.30. The van der Waals surface area contributed by atoms with Gasteiger partial charge in [0, 0.05) is 18.6 Å². The van der Waals surface area contributed by atoms with Crippen molar-refractivity contribution in [2.24, 2.45) is 0 Å². The van der Waals surface area contributed by atoms with Crippen molar-refractivity contribution < 1.29 is 0 Å². The summed E-state index contributed by atoms with van der Waals surface area (Å²) in [6.45, 7) is 3.47. The smallest absolute Gasteiger partial charge is 0.0466 e. The number of hydrogen-bond acceptors (Lipinski definition) is 3. The fraction of sp³-hybridized carbons (Fsp3) is 0.625. The first kappa shape index (κ1) is 14.5. The monoisotopic (exact) mass is 261 g/mol. The van der Waals surface area contributed by atoms with Gasteiger partial charge in [-0.1, -0.05) is 30.3 Å². The molecule has 0 aliphatic carbocycles. The van der Waals surface area contributed by atoms with Crippen LogP contribution in [-0.4, -0.2) is 56.6 Å². The summed E-state index contributed by atoms with van der Waals surface area (Å²) in [4.78, 5) is 4.72. The highest BCUT2D eigenvalue weighted by Gasteiger charge is 2.19. The second kappa shape index (κ2) is 7.04. The molecule has 1 unspecified atom stereocenters. The summed E-state index contributed by atoms with van der Waals surface area (Å²) in [6, 6.07) is 11.9. The molecule has 0 amide bonds. The van der Waals surface area contributed by atoms with Crippen LogP contribution in [0.4, 0.5) is 0 Å². The molecule has 0 bridgehead atoms. The topological polar surface area (TPSA) is 18.5 Å². The number of piperidine rings is 1. The number of rotatable bonds is 5. The van der Waals surface area contributed by atoms with Crippen molar-refractivity contribution in [1.29, 1.82) is 0 Å². The van der Waals surface area contributed by atoms with Crippen molar-refractivity contribution in [1.82, 2.24) is 15.1 Å². The van der Waals surface area contributed by atoms with Crippen molar-refractivity contribution >= 4 is 0 Å². The van der Waals surface area contributed by atoms with Gasteiger partial charge in [-0.05, 0) is 52.6 Å². The van der Waals surface area contributed by atoms with Gasteiger partial charge in [0.1, 0.15) is 0 Å². The molecule has 1 atom stereocenters. The van der Waals surface area contributed by atoms with Gasteiger partial charge in [-0.15, -0.1) is 0 Å². The zero-order valence-corrected chi connectivity index (χ0v) is 12.5. The molecular weight excluding hydrogens is 234 g/mol. The Labute approximate surface area is 117 Å². The molecule has 106 valence electrons. The van der Waals surface area contributed by atoms with Gasteiger partial charge in [-0.3, -0.25) is 0 Å². The van der Waals surface area contributed by atoms with Crippen LogP contribution in [0.2, 0.25) is 0 Å². The summed E-state index contributed by atoms with van der Waals surface area (Å²) in [5, 5.41) is 3.75. The Morgan fingerprint density at radius 1 is 1.21 bits per heavy atom. The Morgan fingerprint density at radius 3 is 2.42 bits per heavy atom. The van der Waals surface area contributed by atoms with E-state index in [4.69, 9.17) is 0 Å². The largest absolute Gasteiger partial charge is 0.312 e. The van der Waals surface area contributed by atoms with E-state index in [1.54, 1.807) is 0 Å². The Bertz CT molecular complexity index is 356. The summed E-state index contributed by atoms with van der Waals surface area (Å²) in [6.07, 6.45) is 2.54. The van der Waals surface area contributed by atoms with Crippen molar-refractivity contribution in [2.45, 2.75) is 24.9 Å². The molecule has 1 aliphatic rings. The van der Waals surface area contributed by atoms with Crippen LogP contribution in [0.1, 0.15) is 24.4 Å². The third-order valence-electron chi connectivity index (χ3n) is 4.13. The predicted octanol–water partition coefficient (Wildman–Crippen LogP) is 1.97. The second-order valence-corrected chi connectivity index (χ2v) is 5.88. The average Bonchev–Trinajstić information content (AvgIpc) is 2.42. The standard InChI is InChI=1S/C16H27N3/c1-18(2)16(14-7-5-4-6-8-14)13-17-15-9-11-19(3)12-10-15/h4-8,15-17H,9-13H2,1-3H3. The average molecular weight is 261 g/mol. The van der Waals surface area contributed by atoms with Crippen LogP contribution in [0.15, 0.2) is 30.3 Å². The highest BCUT2D eigenvalue weighted by atomic mass is 15.1. The van der Waals surface area contributed by atoms with Crippen LogP contribution < -0.4 is 5.32 Å². The van der Waals surface area contributed by atoms with Crippen molar-refractivity contribution in [3.63, 3.8) is 0 Å². The first-order chi connectivity index (χ1) is 9.16. The minimum absolute atomic E-state index is 0.459. The molecule has 0 spiro atoms. The van der Waals surface area contributed by atoms with Crippen LogP contribution in [0, 0.1) is 0 Å². The summed E-state index contributed by atoms with van der Waals surface area (Å²) in [5.74, 6) is 0. The van der Waals surface area contributed by atoms with Gasteiger partial charge in [-0.2, -0.15) is 0 Å². The van der Waals surface area contributed by atoms with Gasteiger partial charge in [0.05, 0.1) is 0 Å². The van der Waals surface area contributed by atoms with Crippen LogP contribution in [-0.2, 0) is 0 Å². The normalized spacial score (nSPS) is 19.8. The highest BCUT2D eigenvalue weighted by Crippen LogP contribution is 2.18. The molecule has 1 fully saturated rings. The molecule has 3 nitrogen and oxygen atoms in total. The van der Waals surface area contributed by atoms with E-state index in [9.17, 15) is 0 Å². The maximum Gasteiger partial charge on any atom is 0.0466 e. The molecule has 2 rings (SSSR count). The maximum absolute atomic E-state index is 3.75. The van der Waals surface area contributed by atoms with E-state index in [1.807, 2.05) is 0 Å². The lowest BCUT2D eigenvalue weighted by Gasteiger charge is -2.32. The third-order valence-corrected chi connectivity index (χ3v) is 4.13. The summed E-state index contributed by atoms with van der Waals surface area (Å²) < 4.78 is 0. The second-order valence-electron chi connectivity index (χ2n) is 5.88. The number of nitrogens with zero attached hydrogens (tertiary/aromatic N) is 2. The predicted molar refractivity (Wildman–Crippen MR) is 81.4 cm³/mol. The van der Waals surface area contributed by atoms with Crippen molar-refractivity contribution in [2.75, 3.05) is 40.8 Å². The molecule has 0 radical (unpaired) electrons. The van der Waals surface area contributed by atoms with Crippen LogP contribution in [0.25, 0.3) is 0 Å². The molecule has 1 aliphatic heterocycles. The maximum atomic E-state index is 3.75. The SMILES string of the molecule is CN1CCC(NCC(c2ccccc2)N(C)C)CC1. The molecule has 19 heavy (non-hydrogen) atoms. The summed E-state index contributed by atoms with van der Waals surface area (Å²) in [5.41, 5.74) is 1.40. The molecule has 1 N–H and O–H groups in total. The van der Waals surface area contributed by atoms with Gasteiger partial charge in [0.2, 0.25) is 0 Å². The molecular formula is C16H27N3. The zero-order valence-electron chi connectivity index (χ0n) is 12.5. The molecule has 1 aromatic rings. The van der Waals surface area contributed by atoms with E-state index in [1.165, 1.54) is 31.5 Å². The van der Waals surface area contributed by atoms with E-state index in [0.29, 0.717) is 12.1 Å². The van der Waals surface area contributed by atoms with Crippen LogP contribution >= 0.6 is 0 Å². The Morgan fingerprint density at radius 2 is 1.84 bits per heavy atom. The van der Waals surface area contributed by atoms with Gasteiger partial charge < -0.3 is 15.1 Å². The number of benzene rings is 1. The zero-order chi connectivity index (χ0) is 13.7. The molecule has 1 saturated heterocycles. The lowest BCUT2D eigenvalue weighted by molar-refractivity contribution is 0.216. The van der Waals surface area contributed by atoms with Gasteiger partial charge in [0.25, 0.3) is 0 Å². The molecule has 0 aromatic heterocycles. The first-order valence-electron chi connectivity index (χ1n) is 7.30. The molecule has 3 heteroatoms. The quantitative estimate of drug-likeness (QED) is 0.874. The van der Waals surface area contributed by atoms with Crippen LogP contribution in [0.3, 0.4) is 0 Å². The van der Waals surface area contributed by atoms with E-state index in [-0.39, 0.29) is 0 Å². The number of hydrogen-bond donors (Lipinski definition) is 1. The molecule has 1 heterocycles. The third kappa shape index (κ3) is 4.30. The lowest BCUT2D eigenvalue weighted by Crippen LogP contribution is -2.43. The van der Waals surface area contributed by atoms with Crippen molar-refractivity contribution in [3.8, 4) is 0 Å². The van der Waals surface area contributed by atoms with Gasteiger partial charge in [-0.25, -0.2) is 0 Å². The molecule has 1 aromatic carbocycles. The number of likely N-dealkylation sites (tertiary alicyclic amines) is 1. The Hall–Kier alpha value is -0.900. The Kier molecular flexibility index (Phi) is 5.37. The van der Waals surface area contributed by atoms with Crippen LogP contribution in [0.5, 0.6) is 0 Å². The van der Waals surface area contributed by atoms with E-state index in [2.05, 4.69) is 66.6 Å². The summed E-state index contributed by atoms with van der Waals surface area (Å²) in [7, 11) is 6.53. The highest BCUT2D eigenvalue weighted by molar-refractivity contribution is 5.19. The van der Waals surface area contributed by atoms with Gasteiger partial charge in [0.15, 0.2) is 0 Å². The molecule has 0 saturated carbocycles. The number of likely N-dealkylation sites (N-methyl/N-ethyl adjacent to an activating group) is 1. The Balaban J connectivity index is 1.88. The number of nitrogens with one attached hydrogen (secondary N) is 1. The van der Waals surface area contributed by atoms with E-state index >= 15 is 0 Å². The fourth-order valence-corrected chi connectivity index (χ4v) is 2.76. The lowest BCUT2D eigenvalue weighted by atomic mass is 10.0. The van der Waals surface area contributed by atoms with Crippen molar-refractivity contribution in [3.05, 3.63) is 35.9 Å². The minimum Gasteiger partial charge on any atom is -0.312 e. The van der Waals surface area contributed by atoms with Gasteiger partial charge >= 0.3 is 0 Å².